The van der Waals surface area contributed by atoms with Crippen LogP contribution < -0.4 is 4.74 Å². The molecular weight excluding hydrogens is 334 g/mol. The average Bonchev–Trinajstić information content (AvgIpc) is 3.29. The molecule has 1 N–H and O–H groups in total. The van der Waals surface area contributed by atoms with Crippen molar-refractivity contribution in [1.29, 1.82) is 0 Å². The van der Waals surface area contributed by atoms with Crippen LogP contribution in [0.3, 0.4) is 0 Å². The zero-order chi connectivity index (χ0) is 18.4. The molecule has 0 aliphatic heterocycles. The van der Waals surface area contributed by atoms with Crippen LogP contribution >= 0.6 is 0 Å². The van der Waals surface area contributed by atoms with Crippen LogP contribution in [0.2, 0.25) is 0 Å². The van der Waals surface area contributed by atoms with Gasteiger partial charge >= 0.3 is 5.97 Å². The summed E-state index contributed by atoms with van der Waals surface area (Å²) < 4.78 is 14.3. The number of rotatable bonds is 6. The highest BCUT2D eigenvalue weighted by Crippen LogP contribution is 2.32. The molecule has 2 aromatic heterocycles. The monoisotopic (exact) mass is 353 g/mol. The normalized spacial score (nSPS) is 11.5. The van der Waals surface area contributed by atoms with Crippen molar-refractivity contribution in [1.82, 2.24) is 14.1 Å². The Morgan fingerprint density at radius 1 is 1.15 bits per heavy atom. The van der Waals surface area contributed by atoms with Crippen molar-refractivity contribution in [2.24, 2.45) is 0 Å². The average molecular weight is 353 g/mol. The fourth-order valence-corrected chi connectivity index (χ4v) is 2.92. The Morgan fingerprint density at radius 2 is 1.92 bits per heavy atom. The first kappa shape index (κ1) is 16.1. The Bertz CT molecular complexity index is 1120. The van der Waals surface area contributed by atoms with Gasteiger partial charge in [-0.1, -0.05) is 12.6 Å². The summed E-state index contributed by atoms with van der Waals surface area (Å²) >= 11 is 0. The molecule has 0 spiro atoms. The second-order valence-corrected chi connectivity index (χ2v) is 6.21. The maximum atomic E-state index is 11.5. The predicted molar refractivity (Wildman–Crippen MR) is 96.6 cm³/mol. The molecule has 26 heavy (non-hydrogen) atoms. The number of carbonyl (C=O) groups is 1. The summed E-state index contributed by atoms with van der Waals surface area (Å²) in [6, 6.07) is 11.2. The number of hydrogen-bond donors (Lipinski definition) is 1. The molecule has 0 unspecified atom stereocenters. The molecule has 0 fully saturated rings. The van der Waals surface area contributed by atoms with Gasteiger partial charge in [0.05, 0.1) is 13.7 Å². The minimum Gasteiger partial charge on any atom is -0.506 e. The van der Waals surface area contributed by atoms with Gasteiger partial charge in [-0.25, -0.2) is 4.79 Å². The summed E-state index contributed by atoms with van der Waals surface area (Å²) in [6.45, 7) is 5.44. The number of carbonyl (C=O) groups excluding carboxylic acids is 1. The number of phenols is 1. The summed E-state index contributed by atoms with van der Waals surface area (Å²) in [7, 11) is 1.63. The molecule has 0 aliphatic rings. The second kappa shape index (κ2) is 5.87. The van der Waals surface area contributed by atoms with Crippen molar-refractivity contribution < 1.29 is 19.4 Å². The van der Waals surface area contributed by atoms with E-state index in [0.29, 0.717) is 17.7 Å². The largest absolute Gasteiger partial charge is 0.506 e. The minimum absolute atomic E-state index is 0.181. The number of aromatic hydroxyl groups is 1. The molecule has 7 nitrogen and oxygen atoms in total. The van der Waals surface area contributed by atoms with Crippen LogP contribution in [0.5, 0.6) is 11.5 Å². The lowest BCUT2D eigenvalue weighted by atomic mass is 10.1. The third kappa shape index (κ3) is 2.48. The lowest BCUT2D eigenvalue weighted by Crippen LogP contribution is -2.08. The summed E-state index contributed by atoms with van der Waals surface area (Å²) in [5, 5.41) is 10.3. The summed E-state index contributed by atoms with van der Waals surface area (Å²) in [5.74, 6) is 0.571. The highest BCUT2D eigenvalue weighted by Gasteiger charge is 2.26. The zero-order valence-electron chi connectivity index (χ0n) is 14.6. The van der Waals surface area contributed by atoms with E-state index in [4.69, 9.17) is 9.47 Å². The molecule has 0 aliphatic carbocycles. The van der Waals surface area contributed by atoms with Crippen molar-refractivity contribution in [3.05, 3.63) is 54.1 Å². The Hall–Kier alpha value is -3.35. The van der Waals surface area contributed by atoms with Gasteiger partial charge in [0.25, 0.3) is 0 Å². The number of hydrogen-bond acceptors (Lipinski definition) is 4. The number of esters is 1. The van der Waals surface area contributed by atoms with E-state index in [1.165, 1.54) is 0 Å². The van der Waals surface area contributed by atoms with Crippen molar-refractivity contribution in [3.63, 3.8) is 0 Å². The maximum Gasteiger partial charge on any atom is 0.333 e. The SMILES string of the molecule is C=C(C)C(=O)OCCc1ccc(O)c(-n2n3c4ccc(OC)cc4n23)c1. The van der Waals surface area contributed by atoms with Crippen LogP contribution in [0.4, 0.5) is 0 Å². The smallest absolute Gasteiger partial charge is 0.333 e. The van der Waals surface area contributed by atoms with Gasteiger partial charge in [-0.2, -0.15) is 0 Å². The van der Waals surface area contributed by atoms with Crippen LogP contribution in [0.1, 0.15) is 12.5 Å². The summed E-state index contributed by atoms with van der Waals surface area (Å²) in [5.41, 5.74) is 4.08. The first-order valence-corrected chi connectivity index (χ1v) is 8.24. The second-order valence-electron chi connectivity index (χ2n) is 6.21. The topological polar surface area (TPSA) is 69.5 Å². The van der Waals surface area contributed by atoms with Crippen molar-refractivity contribution in [2.45, 2.75) is 13.3 Å². The van der Waals surface area contributed by atoms with Gasteiger partial charge in [0.1, 0.15) is 28.2 Å². The Labute approximate surface area is 149 Å². The molecule has 4 aromatic rings. The maximum absolute atomic E-state index is 11.5. The Kier molecular flexibility index (Phi) is 3.64. The van der Waals surface area contributed by atoms with E-state index in [1.54, 1.807) is 20.1 Å². The van der Waals surface area contributed by atoms with Crippen LogP contribution in [-0.4, -0.2) is 38.8 Å². The zero-order valence-corrected chi connectivity index (χ0v) is 14.6. The molecule has 7 heteroatoms. The number of benzene rings is 2. The summed E-state index contributed by atoms with van der Waals surface area (Å²) in [6.07, 6.45) is 0.556. The van der Waals surface area contributed by atoms with Crippen LogP contribution in [0, 0.1) is 0 Å². The highest BCUT2D eigenvalue weighted by molar-refractivity contribution is 5.86. The third-order valence-electron chi connectivity index (χ3n) is 4.35. The van der Waals surface area contributed by atoms with Gasteiger partial charge < -0.3 is 14.6 Å². The fraction of sp³-hybridized carbons (Fsp3) is 0.211. The van der Waals surface area contributed by atoms with Gasteiger partial charge in [0, 0.05) is 18.1 Å². The third-order valence-corrected chi connectivity index (χ3v) is 4.35. The quantitative estimate of drug-likeness (QED) is 0.427. The number of phenolic OH excluding ortho intramolecular Hbond substituents is 1. The van der Waals surface area contributed by atoms with E-state index in [1.807, 2.05) is 44.4 Å². The number of methoxy groups -OCH3 is 1. The van der Waals surface area contributed by atoms with Crippen LogP contribution in [0.25, 0.3) is 16.7 Å². The van der Waals surface area contributed by atoms with E-state index in [0.717, 1.165) is 22.3 Å². The molecular formula is C19H19N3O4. The summed E-state index contributed by atoms with van der Waals surface area (Å²) in [4.78, 5) is 13.3. The van der Waals surface area contributed by atoms with Gasteiger partial charge in [-0.05, 0) is 36.8 Å². The van der Waals surface area contributed by atoms with E-state index < -0.39 is 5.97 Å². The van der Waals surface area contributed by atoms with E-state index in [-0.39, 0.29) is 12.4 Å². The highest BCUT2D eigenvalue weighted by atomic mass is 16.5. The number of ether oxygens (including phenoxy) is 2. The van der Waals surface area contributed by atoms with Crippen LogP contribution in [-0.2, 0) is 16.0 Å². The van der Waals surface area contributed by atoms with Crippen molar-refractivity contribution in [2.75, 3.05) is 13.7 Å². The number of fused-ring (bicyclic) bond motifs is 4. The molecule has 0 amide bonds. The molecule has 0 saturated carbocycles. The van der Waals surface area contributed by atoms with Gasteiger partial charge in [0.2, 0.25) is 0 Å². The molecule has 0 atom stereocenters. The minimum atomic E-state index is -0.394. The molecule has 2 heterocycles. The van der Waals surface area contributed by atoms with E-state index in [2.05, 4.69) is 6.58 Å². The molecule has 0 bridgehead atoms. The molecule has 4 rings (SSSR count). The first-order valence-electron chi connectivity index (χ1n) is 8.24. The lowest BCUT2D eigenvalue weighted by Gasteiger charge is -2.06. The fourth-order valence-electron chi connectivity index (χ4n) is 2.92. The van der Waals surface area contributed by atoms with Crippen molar-refractivity contribution >= 4 is 17.0 Å². The number of aromatic nitrogens is 3. The Balaban J connectivity index is 1.58. The van der Waals surface area contributed by atoms with E-state index in [9.17, 15) is 9.90 Å². The number of nitrogens with zero attached hydrogens (tertiary/aromatic N) is 3. The molecule has 2 aromatic carbocycles. The van der Waals surface area contributed by atoms with Crippen molar-refractivity contribution in [3.8, 4) is 17.2 Å². The molecule has 0 saturated heterocycles. The lowest BCUT2D eigenvalue weighted by molar-refractivity contribution is -0.138. The van der Waals surface area contributed by atoms with Gasteiger partial charge in [-0.15, -0.1) is 14.1 Å². The van der Waals surface area contributed by atoms with E-state index >= 15 is 0 Å². The van der Waals surface area contributed by atoms with Gasteiger partial charge in [0.15, 0.2) is 0 Å². The molecule has 0 radical (unpaired) electrons. The van der Waals surface area contributed by atoms with Crippen LogP contribution in [0.15, 0.2) is 48.6 Å². The van der Waals surface area contributed by atoms with Gasteiger partial charge in [-0.3, -0.25) is 0 Å². The Morgan fingerprint density at radius 3 is 2.65 bits per heavy atom. The first-order chi connectivity index (χ1) is 12.5. The molecule has 134 valence electrons. The standard InChI is InChI=1S/C19H19N3O4/c1-12(2)19(24)26-9-8-13-4-7-18(23)17(10-13)22-20-15-6-5-14(25-3)11-16(15)21(20)22/h4-7,10-11,23H,1,8-9H2,2-3H3. The predicted octanol–water partition coefficient (Wildman–Crippen LogP) is 2.80.